The molecule has 0 saturated heterocycles. The highest BCUT2D eigenvalue weighted by atomic mass is 16.5. The number of aromatic nitrogens is 1. The molecule has 0 aliphatic rings. The summed E-state index contributed by atoms with van der Waals surface area (Å²) in [5, 5.41) is 5.23. The van der Waals surface area contributed by atoms with Gasteiger partial charge in [0, 0.05) is 28.4 Å². The zero-order valence-electron chi connectivity index (χ0n) is 13.4. The molecule has 4 heteroatoms. The Morgan fingerprint density at radius 1 is 1.04 bits per heavy atom. The second-order valence-corrected chi connectivity index (χ2v) is 5.60. The molecular formula is C19H22N2O2. The lowest BCUT2D eigenvalue weighted by Gasteiger charge is -2.09. The first-order valence-corrected chi connectivity index (χ1v) is 8.18. The van der Waals surface area contributed by atoms with Gasteiger partial charge in [0.2, 0.25) is 0 Å². The standard InChI is InChI=1S/C19H22N2O2/c1-2-3-12-20-19(22)23-14-13-21-17-10-6-4-8-15(17)16-9-5-7-11-18(16)21/h4-11H,2-3,12-14H2,1H3,(H,20,22). The van der Waals surface area contributed by atoms with Crippen molar-refractivity contribution in [2.45, 2.75) is 26.3 Å². The van der Waals surface area contributed by atoms with Crippen molar-refractivity contribution in [1.82, 2.24) is 9.88 Å². The Labute approximate surface area is 136 Å². The smallest absolute Gasteiger partial charge is 0.407 e. The molecule has 0 aliphatic heterocycles. The molecule has 2 aromatic carbocycles. The summed E-state index contributed by atoms with van der Waals surface area (Å²) in [5.41, 5.74) is 2.34. The molecule has 120 valence electrons. The van der Waals surface area contributed by atoms with E-state index in [0.717, 1.165) is 12.8 Å². The van der Waals surface area contributed by atoms with Gasteiger partial charge in [0.25, 0.3) is 0 Å². The Morgan fingerprint density at radius 3 is 2.26 bits per heavy atom. The summed E-state index contributed by atoms with van der Waals surface area (Å²) < 4.78 is 7.50. The molecule has 0 bridgehead atoms. The Morgan fingerprint density at radius 2 is 1.65 bits per heavy atom. The molecule has 4 nitrogen and oxygen atoms in total. The highest BCUT2D eigenvalue weighted by Crippen LogP contribution is 2.28. The van der Waals surface area contributed by atoms with E-state index in [0.29, 0.717) is 19.7 Å². The first-order valence-electron chi connectivity index (χ1n) is 8.18. The summed E-state index contributed by atoms with van der Waals surface area (Å²) in [6.07, 6.45) is 1.70. The van der Waals surface area contributed by atoms with Crippen LogP contribution in [0, 0.1) is 0 Å². The van der Waals surface area contributed by atoms with Gasteiger partial charge < -0.3 is 14.6 Å². The van der Waals surface area contributed by atoms with Crippen molar-refractivity contribution < 1.29 is 9.53 Å². The number of hydrogen-bond acceptors (Lipinski definition) is 2. The predicted octanol–water partition coefficient (Wildman–Crippen LogP) is 4.32. The molecule has 3 aromatic rings. The number of para-hydroxylation sites is 2. The van der Waals surface area contributed by atoms with Gasteiger partial charge in [-0.15, -0.1) is 0 Å². The summed E-state index contributed by atoms with van der Waals surface area (Å²) in [6.45, 7) is 3.77. The number of hydrogen-bond donors (Lipinski definition) is 1. The number of alkyl carbamates (subject to hydrolysis) is 1. The van der Waals surface area contributed by atoms with Crippen LogP contribution >= 0.6 is 0 Å². The number of nitrogens with zero attached hydrogens (tertiary/aromatic N) is 1. The average molecular weight is 310 g/mol. The number of nitrogens with one attached hydrogen (secondary N) is 1. The van der Waals surface area contributed by atoms with Crippen molar-refractivity contribution in [3.05, 3.63) is 48.5 Å². The number of rotatable bonds is 6. The van der Waals surface area contributed by atoms with Gasteiger partial charge in [-0.05, 0) is 18.6 Å². The molecule has 1 aromatic heterocycles. The molecule has 0 spiro atoms. The van der Waals surface area contributed by atoms with Gasteiger partial charge in [0.1, 0.15) is 6.61 Å². The zero-order valence-corrected chi connectivity index (χ0v) is 13.4. The molecule has 0 aliphatic carbocycles. The first-order chi connectivity index (χ1) is 11.3. The van der Waals surface area contributed by atoms with Crippen LogP contribution in [-0.2, 0) is 11.3 Å². The van der Waals surface area contributed by atoms with Crippen LogP contribution in [0.1, 0.15) is 19.8 Å². The highest BCUT2D eigenvalue weighted by Gasteiger charge is 2.10. The summed E-state index contributed by atoms with van der Waals surface area (Å²) in [5.74, 6) is 0. The maximum absolute atomic E-state index is 11.6. The quantitative estimate of drug-likeness (QED) is 0.689. The number of carbonyl (C=O) groups excluding carboxylic acids is 1. The Kier molecular flexibility index (Phi) is 4.81. The monoisotopic (exact) mass is 310 g/mol. The molecular weight excluding hydrogens is 288 g/mol. The van der Waals surface area contributed by atoms with Gasteiger partial charge in [-0.25, -0.2) is 4.79 Å². The van der Waals surface area contributed by atoms with E-state index >= 15 is 0 Å². The molecule has 0 saturated carbocycles. The number of amides is 1. The van der Waals surface area contributed by atoms with Crippen LogP contribution in [-0.4, -0.2) is 23.8 Å². The Hall–Kier alpha value is -2.49. The third-order valence-corrected chi connectivity index (χ3v) is 4.03. The van der Waals surface area contributed by atoms with E-state index in [1.807, 2.05) is 12.1 Å². The maximum Gasteiger partial charge on any atom is 0.407 e. The fourth-order valence-electron chi connectivity index (χ4n) is 2.89. The molecule has 0 atom stereocenters. The average Bonchev–Trinajstić information content (AvgIpc) is 2.90. The summed E-state index contributed by atoms with van der Waals surface area (Å²) in [7, 11) is 0. The lowest BCUT2D eigenvalue weighted by Crippen LogP contribution is -2.26. The van der Waals surface area contributed by atoms with Crippen molar-refractivity contribution in [2.24, 2.45) is 0 Å². The number of fused-ring (bicyclic) bond motifs is 3. The second-order valence-electron chi connectivity index (χ2n) is 5.60. The van der Waals surface area contributed by atoms with Crippen LogP contribution in [0.4, 0.5) is 4.79 Å². The van der Waals surface area contributed by atoms with Crippen molar-refractivity contribution in [3.63, 3.8) is 0 Å². The number of ether oxygens (including phenoxy) is 1. The van der Waals surface area contributed by atoms with Crippen molar-refractivity contribution in [3.8, 4) is 0 Å². The van der Waals surface area contributed by atoms with Crippen LogP contribution in [0.2, 0.25) is 0 Å². The van der Waals surface area contributed by atoms with Crippen LogP contribution in [0.3, 0.4) is 0 Å². The van der Waals surface area contributed by atoms with Gasteiger partial charge in [-0.1, -0.05) is 49.7 Å². The minimum atomic E-state index is -0.334. The van der Waals surface area contributed by atoms with Gasteiger partial charge in [0.15, 0.2) is 0 Å². The lowest BCUT2D eigenvalue weighted by atomic mass is 10.2. The summed E-state index contributed by atoms with van der Waals surface area (Å²) in [4.78, 5) is 11.6. The van der Waals surface area contributed by atoms with Crippen LogP contribution in [0.25, 0.3) is 21.8 Å². The molecule has 3 rings (SSSR count). The summed E-state index contributed by atoms with van der Waals surface area (Å²) >= 11 is 0. The van der Waals surface area contributed by atoms with E-state index in [-0.39, 0.29) is 6.09 Å². The van der Waals surface area contributed by atoms with Gasteiger partial charge in [-0.2, -0.15) is 0 Å². The number of unbranched alkanes of at least 4 members (excludes halogenated alkanes) is 1. The van der Waals surface area contributed by atoms with Crippen molar-refractivity contribution in [2.75, 3.05) is 13.2 Å². The SMILES string of the molecule is CCCCNC(=O)OCCn1c2ccccc2c2ccccc21. The van der Waals surface area contributed by atoms with Gasteiger partial charge >= 0.3 is 6.09 Å². The first kappa shape index (κ1) is 15.4. The number of carbonyl (C=O) groups is 1. The Balaban J connectivity index is 1.73. The second kappa shape index (κ2) is 7.18. The maximum atomic E-state index is 11.6. The van der Waals surface area contributed by atoms with Gasteiger partial charge in [-0.3, -0.25) is 0 Å². The van der Waals surface area contributed by atoms with Crippen molar-refractivity contribution >= 4 is 27.9 Å². The predicted molar refractivity (Wildman–Crippen MR) is 93.7 cm³/mol. The van der Waals surface area contributed by atoms with E-state index in [9.17, 15) is 4.79 Å². The van der Waals surface area contributed by atoms with Crippen molar-refractivity contribution in [1.29, 1.82) is 0 Å². The minimum absolute atomic E-state index is 0.334. The van der Waals surface area contributed by atoms with Crippen LogP contribution in [0.5, 0.6) is 0 Å². The largest absolute Gasteiger partial charge is 0.448 e. The topological polar surface area (TPSA) is 43.3 Å². The highest BCUT2D eigenvalue weighted by molar-refractivity contribution is 6.07. The molecule has 1 heterocycles. The summed E-state index contributed by atoms with van der Waals surface area (Å²) in [6, 6.07) is 16.7. The van der Waals surface area contributed by atoms with Gasteiger partial charge in [0.05, 0.1) is 6.54 Å². The van der Waals surface area contributed by atoms with E-state index in [4.69, 9.17) is 4.74 Å². The van der Waals surface area contributed by atoms with E-state index in [1.54, 1.807) is 0 Å². The van der Waals surface area contributed by atoms with Crippen LogP contribution in [0.15, 0.2) is 48.5 Å². The Bertz CT molecular complexity index is 754. The van der Waals surface area contributed by atoms with Crippen LogP contribution < -0.4 is 5.32 Å². The lowest BCUT2D eigenvalue weighted by molar-refractivity contribution is 0.142. The van der Waals surface area contributed by atoms with E-state index in [1.165, 1.54) is 21.8 Å². The molecule has 23 heavy (non-hydrogen) atoms. The fourth-order valence-corrected chi connectivity index (χ4v) is 2.89. The minimum Gasteiger partial charge on any atom is -0.448 e. The third-order valence-electron chi connectivity index (χ3n) is 4.03. The van der Waals surface area contributed by atoms with E-state index < -0.39 is 0 Å². The molecule has 0 fully saturated rings. The molecule has 1 amide bonds. The molecule has 0 unspecified atom stereocenters. The zero-order chi connectivity index (χ0) is 16.1. The normalized spacial score (nSPS) is 11.0. The van der Waals surface area contributed by atoms with E-state index in [2.05, 4.69) is 53.2 Å². The third kappa shape index (κ3) is 3.31. The molecule has 1 N–H and O–H groups in total. The molecule has 0 radical (unpaired) electrons. The number of benzene rings is 2. The fraction of sp³-hybridized carbons (Fsp3) is 0.316.